The van der Waals surface area contributed by atoms with Gasteiger partial charge in [0.05, 0.1) is 16.8 Å². The van der Waals surface area contributed by atoms with Gasteiger partial charge in [-0.1, -0.05) is 24.3 Å². The van der Waals surface area contributed by atoms with E-state index < -0.39 is 28.9 Å². The van der Waals surface area contributed by atoms with E-state index in [9.17, 15) is 24.3 Å². The molecule has 1 aromatic heterocycles. The Labute approximate surface area is 146 Å². The normalized spacial score (nSPS) is 10.5. The minimum Gasteiger partial charge on any atom is -0.477 e. The standard InChI is InChI=1S/C18H13N3O5/c19-16(23)10-5-1-3-7-13(10)20-18(26)21-9-12(17(24)25)15(22)11-6-2-4-8-14(11)21/h1-9H,(H2,19,23)(H,20,26)(H,24,25). The van der Waals surface area contributed by atoms with Crippen LogP contribution in [-0.2, 0) is 0 Å². The smallest absolute Gasteiger partial charge is 0.341 e. The van der Waals surface area contributed by atoms with Crippen LogP contribution in [0.2, 0.25) is 0 Å². The molecule has 26 heavy (non-hydrogen) atoms. The molecule has 0 bridgehead atoms. The first-order valence-corrected chi connectivity index (χ1v) is 7.48. The van der Waals surface area contributed by atoms with Gasteiger partial charge in [-0.3, -0.25) is 14.2 Å². The number of hydrogen-bond donors (Lipinski definition) is 3. The van der Waals surface area contributed by atoms with Crippen molar-refractivity contribution in [2.45, 2.75) is 0 Å². The number of carbonyl (C=O) groups is 3. The van der Waals surface area contributed by atoms with E-state index in [1.807, 2.05) is 0 Å². The summed E-state index contributed by atoms with van der Waals surface area (Å²) in [6, 6.07) is 11.5. The van der Waals surface area contributed by atoms with Crippen LogP contribution in [0.3, 0.4) is 0 Å². The van der Waals surface area contributed by atoms with Gasteiger partial charge in [0.25, 0.3) is 5.91 Å². The van der Waals surface area contributed by atoms with Gasteiger partial charge in [-0.25, -0.2) is 9.59 Å². The molecule has 8 heteroatoms. The lowest BCUT2D eigenvalue weighted by molar-refractivity contribution is 0.0695. The number of carboxylic acids is 1. The van der Waals surface area contributed by atoms with Gasteiger partial charge in [0.15, 0.2) is 0 Å². The number of nitrogens with two attached hydrogens (primary N) is 1. The molecule has 8 nitrogen and oxygen atoms in total. The molecule has 4 N–H and O–H groups in total. The first kappa shape index (κ1) is 16.9. The summed E-state index contributed by atoms with van der Waals surface area (Å²) in [5.74, 6) is -2.17. The van der Waals surface area contributed by atoms with Crippen LogP contribution in [0, 0.1) is 0 Å². The number of hydrogen-bond acceptors (Lipinski definition) is 4. The summed E-state index contributed by atoms with van der Waals surface area (Å²) in [6.45, 7) is 0. The summed E-state index contributed by atoms with van der Waals surface area (Å²) in [5, 5.41) is 11.8. The highest BCUT2D eigenvalue weighted by atomic mass is 16.4. The number of nitrogens with zero attached hydrogens (tertiary/aromatic N) is 1. The zero-order valence-corrected chi connectivity index (χ0v) is 13.3. The maximum Gasteiger partial charge on any atom is 0.341 e. The van der Waals surface area contributed by atoms with Crippen molar-refractivity contribution in [3.63, 3.8) is 0 Å². The number of aromatic nitrogens is 1. The molecule has 0 aliphatic rings. The van der Waals surface area contributed by atoms with Crippen LogP contribution < -0.4 is 16.5 Å². The summed E-state index contributed by atoms with van der Waals surface area (Å²) >= 11 is 0. The molecule has 0 spiro atoms. The number of aromatic carboxylic acids is 1. The van der Waals surface area contributed by atoms with E-state index in [0.29, 0.717) is 0 Å². The summed E-state index contributed by atoms with van der Waals surface area (Å²) < 4.78 is 1.01. The Morgan fingerprint density at radius 1 is 0.962 bits per heavy atom. The van der Waals surface area contributed by atoms with E-state index in [-0.39, 0.29) is 22.2 Å². The Kier molecular flexibility index (Phi) is 4.24. The molecule has 0 saturated carbocycles. The van der Waals surface area contributed by atoms with Crippen molar-refractivity contribution in [2.75, 3.05) is 5.32 Å². The number of primary amides is 1. The quantitative estimate of drug-likeness (QED) is 0.663. The zero-order chi connectivity index (χ0) is 18.8. The molecule has 2 aromatic carbocycles. The topological polar surface area (TPSA) is 131 Å². The number of fused-ring (bicyclic) bond motifs is 1. The number of rotatable bonds is 3. The lowest BCUT2D eigenvalue weighted by atomic mass is 10.1. The molecule has 1 heterocycles. The van der Waals surface area contributed by atoms with Gasteiger partial charge < -0.3 is 16.2 Å². The van der Waals surface area contributed by atoms with Gasteiger partial charge in [-0.15, -0.1) is 0 Å². The van der Waals surface area contributed by atoms with Crippen molar-refractivity contribution in [3.05, 3.63) is 76.1 Å². The summed E-state index contributed by atoms with van der Waals surface area (Å²) in [4.78, 5) is 47.8. The summed E-state index contributed by atoms with van der Waals surface area (Å²) in [6.07, 6.45) is 0.954. The monoisotopic (exact) mass is 351 g/mol. The van der Waals surface area contributed by atoms with Gasteiger partial charge in [0.1, 0.15) is 5.56 Å². The zero-order valence-electron chi connectivity index (χ0n) is 13.3. The van der Waals surface area contributed by atoms with Crippen LogP contribution in [-0.4, -0.2) is 27.6 Å². The fraction of sp³-hybridized carbons (Fsp3) is 0. The van der Waals surface area contributed by atoms with Crippen LogP contribution in [0.15, 0.2) is 59.5 Å². The lowest BCUT2D eigenvalue weighted by Crippen LogP contribution is -2.26. The Hall–Kier alpha value is -3.94. The number of nitrogens with one attached hydrogen (secondary N) is 1. The summed E-state index contributed by atoms with van der Waals surface area (Å²) in [5.41, 5.74) is 4.57. The van der Waals surface area contributed by atoms with Gasteiger partial charge in [-0.2, -0.15) is 0 Å². The second-order valence-electron chi connectivity index (χ2n) is 5.40. The molecule has 3 rings (SSSR count). The number of amides is 2. The molecule has 3 aromatic rings. The van der Waals surface area contributed by atoms with Gasteiger partial charge in [0, 0.05) is 11.6 Å². The molecule has 0 aliphatic heterocycles. The lowest BCUT2D eigenvalue weighted by Gasteiger charge is -2.13. The Morgan fingerprint density at radius 3 is 2.31 bits per heavy atom. The predicted molar refractivity (Wildman–Crippen MR) is 94.5 cm³/mol. The van der Waals surface area contributed by atoms with Crippen molar-refractivity contribution in [1.29, 1.82) is 0 Å². The first-order valence-electron chi connectivity index (χ1n) is 7.48. The van der Waals surface area contributed by atoms with Crippen molar-refractivity contribution in [2.24, 2.45) is 5.73 Å². The van der Waals surface area contributed by atoms with Crippen LogP contribution in [0.25, 0.3) is 10.9 Å². The minimum absolute atomic E-state index is 0.0886. The fourth-order valence-electron chi connectivity index (χ4n) is 2.58. The molecule has 0 radical (unpaired) electrons. The van der Waals surface area contributed by atoms with Crippen molar-refractivity contribution < 1.29 is 19.5 Å². The molecular formula is C18H13N3O5. The molecule has 0 unspecified atom stereocenters. The highest BCUT2D eigenvalue weighted by molar-refractivity contribution is 6.05. The number of carbonyl (C=O) groups excluding carboxylic acids is 2. The fourth-order valence-corrected chi connectivity index (χ4v) is 2.58. The van der Waals surface area contributed by atoms with E-state index in [1.54, 1.807) is 24.3 Å². The maximum atomic E-state index is 12.7. The van der Waals surface area contributed by atoms with Crippen LogP contribution in [0.5, 0.6) is 0 Å². The number of para-hydroxylation sites is 2. The second kappa shape index (κ2) is 6.52. The number of benzene rings is 2. The highest BCUT2D eigenvalue weighted by Gasteiger charge is 2.18. The SMILES string of the molecule is NC(=O)c1ccccc1NC(=O)n1cc(C(=O)O)c(=O)c2ccccc21. The third kappa shape index (κ3) is 2.91. The van der Waals surface area contributed by atoms with Crippen LogP contribution in [0.4, 0.5) is 10.5 Å². The molecular weight excluding hydrogens is 338 g/mol. The molecule has 0 fully saturated rings. The van der Waals surface area contributed by atoms with E-state index in [2.05, 4.69) is 5.32 Å². The third-order valence-electron chi connectivity index (χ3n) is 3.79. The second-order valence-corrected chi connectivity index (χ2v) is 5.40. The van der Waals surface area contributed by atoms with Crippen molar-refractivity contribution in [3.8, 4) is 0 Å². The Morgan fingerprint density at radius 2 is 1.62 bits per heavy atom. The van der Waals surface area contributed by atoms with Crippen LogP contribution >= 0.6 is 0 Å². The highest BCUT2D eigenvalue weighted by Crippen LogP contribution is 2.17. The van der Waals surface area contributed by atoms with E-state index in [4.69, 9.17) is 5.73 Å². The summed E-state index contributed by atoms with van der Waals surface area (Å²) in [7, 11) is 0. The largest absolute Gasteiger partial charge is 0.477 e. The van der Waals surface area contributed by atoms with Gasteiger partial charge in [0.2, 0.25) is 5.43 Å². The van der Waals surface area contributed by atoms with Gasteiger partial charge >= 0.3 is 12.0 Å². The number of pyridine rings is 1. The van der Waals surface area contributed by atoms with E-state index >= 15 is 0 Å². The predicted octanol–water partition coefficient (Wildman–Crippen LogP) is 1.88. The van der Waals surface area contributed by atoms with E-state index in [1.165, 1.54) is 24.3 Å². The molecule has 0 saturated heterocycles. The van der Waals surface area contributed by atoms with Gasteiger partial charge in [-0.05, 0) is 24.3 Å². The maximum absolute atomic E-state index is 12.7. The molecule has 0 aliphatic carbocycles. The molecule has 0 atom stereocenters. The number of carboxylic acid groups (broad SMARTS) is 1. The first-order chi connectivity index (χ1) is 12.4. The Balaban J connectivity index is 2.15. The number of anilines is 1. The average Bonchev–Trinajstić information content (AvgIpc) is 2.62. The van der Waals surface area contributed by atoms with E-state index in [0.717, 1.165) is 10.8 Å². The minimum atomic E-state index is -1.44. The van der Waals surface area contributed by atoms with Crippen molar-refractivity contribution in [1.82, 2.24) is 4.57 Å². The van der Waals surface area contributed by atoms with Crippen molar-refractivity contribution >= 4 is 34.5 Å². The third-order valence-corrected chi connectivity index (χ3v) is 3.79. The average molecular weight is 351 g/mol. The molecule has 2 amide bonds. The molecule has 130 valence electrons. The van der Waals surface area contributed by atoms with Crippen LogP contribution in [0.1, 0.15) is 20.7 Å². The Bertz CT molecular complexity index is 1120.